The molecule has 0 aliphatic rings. The van der Waals surface area contributed by atoms with Gasteiger partial charge in [0.2, 0.25) is 0 Å². The number of nitrogens with zero attached hydrogens (tertiary/aromatic N) is 1. The number of carbonyl (C=O) groups excluding carboxylic acids is 2. The maximum atomic E-state index is 11.9. The van der Waals surface area contributed by atoms with E-state index in [1.54, 1.807) is 13.0 Å². The minimum Gasteiger partial charge on any atom is -0.466 e. The van der Waals surface area contributed by atoms with Crippen LogP contribution in [-0.4, -0.2) is 29.6 Å². The number of hydrogen-bond acceptors (Lipinski definition) is 3. The van der Waals surface area contributed by atoms with Gasteiger partial charge in [-0.1, -0.05) is 6.92 Å². The molecule has 0 fully saturated rings. The Kier molecular flexibility index (Phi) is 5.97. The van der Waals surface area contributed by atoms with Gasteiger partial charge in [-0.15, -0.1) is 0 Å². The molecule has 0 aliphatic heterocycles. The van der Waals surface area contributed by atoms with E-state index in [2.05, 4.69) is 12.2 Å². The average molecular weight is 252 g/mol. The van der Waals surface area contributed by atoms with Gasteiger partial charge in [0.1, 0.15) is 5.69 Å². The minimum absolute atomic E-state index is 0.155. The molecule has 1 aromatic rings. The third-order valence-electron chi connectivity index (χ3n) is 2.45. The molecule has 5 nitrogen and oxygen atoms in total. The Morgan fingerprint density at radius 2 is 2.17 bits per heavy atom. The van der Waals surface area contributed by atoms with Crippen molar-refractivity contribution in [3.63, 3.8) is 0 Å². The predicted octanol–water partition coefficient (Wildman–Crippen LogP) is 1.58. The highest BCUT2D eigenvalue weighted by molar-refractivity contribution is 5.92. The molecular formula is C13H20N2O3. The van der Waals surface area contributed by atoms with Gasteiger partial charge in [-0.3, -0.25) is 9.59 Å². The molecule has 1 heterocycles. The lowest BCUT2D eigenvalue weighted by atomic mass is 10.3. The van der Waals surface area contributed by atoms with Gasteiger partial charge < -0.3 is 14.6 Å². The Morgan fingerprint density at radius 1 is 1.39 bits per heavy atom. The second kappa shape index (κ2) is 7.53. The second-order valence-electron chi connectivity index (χ2n) is 3.90. The highest BCUT2D eigenvalue weighted by Gasteiger charge is 2.10. The summed E-state index contributed by atoms with van der Waals surface area (Å²) in [7, 11) is 0. The summed E-state index contributed by atoms with van der Waals surface area (Å²) >= 11 is 0. The molecule has 0 aliphatic carbocycles. The maximum absolute atomic E-state index is 11.9. The van der Waals surface area contributed by atoms with Gasteiger partial charge in [-0.2, -0.15) is 0 Å². The van der Waals surface area contributed by atoms with Crippen LogP contribution in [0.5, 0.6) is 0 Å². The number of amides is 1. The lowest BCUT2D eigenvalue weighted by Gasteiger charge is -2.08. The van der Waals surface area contributed by atoms with Gasteiger partial charge in [0, 0.05) is 19.3 Å². The lowest BCUT2D eigenvalue weighted by Crippen LogP contribution is -2.28. The number of nitrogens with one attached hydrogen (secondary N) is 1. The molecule has 0 radical (unpaired) electrons. The molecule has 1 amide bonds. The lowest BCUT2D eigenvalue weighted by molar-refractivity contribution is -0.142. The van der Waals surface area contributed by atoms with Crippen LogP contribution in [0.2, 0.25) is 0 Å². The first kappa shape index (κ1) is 14.3. The first-order valence-corrected chi connectivity index (χ1v) is 6.28. The smallest absolute Gasteiger partial charge is 0.307 e. The summed E-state index contributed by atoms with van der Waals surface area (Å²) in [6, 6.07) is 3.62. The van der Waals surface area contributed by atoms with Crippen molar-refractivity contribution in [3.8, 4) is 0 Å². The van der Waals surface area contributed by atoms with Crippen molar-refractivity contribution in [2.75, 3.05) is 13.2 Å². The Morgan fingerprint density at radius 3 is 2.83 bits per heavy atom. The van der Waals surface area contributed by atoms with E-state index in [0.717, 1.165) is 13.0 Å². The van der Waals surface area contributed by atoms with Crippen LogP contribution in [-0.2, 0) is 16.1 Å². The normalized spacial score (nSPS) is 10.1. The Hall–Kier alpha value is -1.78. The summed E-state index contributed by atoms with van der Waals surface area (Å²) in [6.45, 7) is 5.30. The van der Waals surface area contributed by atoms with E-state index >= 15 is 0 Å². The SMILES string of the molecule is CCCn1cccc1C(=O)NCCC(=O)OCC. The van der Waals surface area contributed by atoms with Crippen LogP contribution in [0.1, 0.15) is 37.2 Å². The number of esters is 1. The van der Waals surface area contributed by atoms with Gasteiger partial charge in [0.25, 0.3) is 5.91 Å². The quantitative estimate of drug-likeness (QED) is 0.749. The number of ether oxygens (including phenoxy) is 1. The summed E-state index contributed by atoms with van der Waals surface area (Å²) in [5.41, 5.74) is 0.626. The monoisotopic (exact) mass is 252 g/mol. The van der Waals surface area contributed by atoms with E-state index in [4.69, 9.17) is 4.74 Å². The van der Waals surface area contributed by atoms with Crippen molar-refractivity contribution in [1.82, 2.24) is 9.88 Å². The standard InChI is InChI=1S/C13H20N2O3/c1-3-9-15-10-5-6-11(15)13(17)14-8-7-12(16)18-4-2/h5-6,10H,3-4,7-9H2,1-2H3,(H,14,17). The zero-order valence-corrected chi connectivity index (χ0v) is 10.9. The third-order valence-corrected chi connectivity index (χ3v) is 2.45. The molecule has 1 N–H and O–H groups in total. The molecule has 5 heteroatoms. The fraction of sp³-hybridized carbons (Fsp3) is 0.538. The highest BCUT2D eigenvalue weighted by Crippen LogP contribution is 2.03. The number of rotatable bonds is 7. The number of hydrogen-bond donors (Lipinski definition) is 1. The molecule has 1 rings (SSSR count). The van der Waals surface area contributed by atoms with Gasteiger partial charge >= 0.3 is 5.97 Å². The van der Waals surface area contributed by atoms with Gasteiger partial charge in [-0.05, 0) is 25.5 Å². The molecule has 18 heavy (non-hydrogen) atoms. The van der Waals surface area contributed by atoms with Crippen molar-refractivity contribution < 1.29 is 14.3 Å². The van der Waals surface area contributed by atoms with E-state index in [1.165, 1.54) is 0 Å². The van der Waals surface area contributed by atoms with E-state index in [-0.39, 0.29) is 18.3 Å². The fourth-order valence-electron chi connectivity index (χ4n) is 1.66. The van der Waals surface area contributed by atoms with Crippen molar-refractivity contribution in [3.05, 3.63) is 24.0 Å². The fourth-order valence-corrected chi connectivity index (χ4v) is 1.66. The number of aryl methyl sites for hydroxylation is 1. The van der Waals surface area contributed by atoms with E-state index < -0.39 is 0 Å². The summed E-state index contributed by atoms with van der Waals surface area (Å²) in [5.74, 6) is -0.445. The van der Waals surface area contributed by atoms with Crippen molar-refractivity contribution >= 4 is 11.9 Å². The summed E-state index contributed by atoms with van der Waals surface area (Å²) in [6.07, 6.45) is 3.05. The summed E-state index contributed by atoms with van der Waals surface area (Å²) < 4.78 is 6.68. The molecule has 0 spiro atoms. The first-order chi connectivity index (χ1) is 8.69. The number of carbonyl (C=O) groups is 2. The molecule has 0 saturated carbocycles. The van der Waals surface area contributed by atoms with E-state index in [0.29, 0.717) is 18.8 Å². The van der Waals surface area contributed by atoms with Crippen LogP contribution in [0.25, 0.3) is 0 Å². The van der Waals surface area contributed by atoms with Crippen molar-refractivity contribution in [2.24, 2.45) is 0 Å². The maximum Gasteiger partial charge on any atom is 0.307 e. The van der Waals surface area contributed by atoms with Crippen LogP contribution < -0.4 is 5.32 Å². The molecule has 1 aromatic heterocycles. The Balaban J connectivity index is 2.40. The van der Waals surface area contributed by atoms with Crippen LogP contribution in [0.3, 0.4) is 0 Å². The second-order valence-corrected chi connectivity index (χ2v) is 3.90. The Labute approximate surface area is 107 Å². The predicted molar refractivity (Wildman–Crippen MR) is 68.3 cm³/mol. The zero-order valence-electron chi connectivity index (χ0n) is 10.9. The summed E-state index contributed by atoms with van der Waals surface area (Å²) in [5, 5.41) is 2.71. The van der Waals surface area contributed by atoms with Gasteiger partial charge in [0.15, 0.2) is 0 Å². The number of aromatic nitrogens is 1. The van der Waals surface area contributed by atoms with Crippen molar-refractivity contribution in [2.45, 2.75) is 33.2 Å². The first-order valence-electron chi connectivity index (χ1n) is 6.28. The van der Waals surface area contributed by atoms with Gasteiger partial charge in [0.05, 0.1) is 13.0 Å². The molecule has 0 aromatic carbocycles. The minimum atomic E-state index is -0.290. The third kappa shape index (κ3) is 4.24. The van der Waals surface area contributed by atoms with Crippen LogP contribution in [0.4, 0.5) is 0 Å². The van der Waals surface area contributed by atoms with E-state index in [1.807, 2.05) is 16.8 Å². The van der Waals surface area contributed by atoms with Gasteiger partial charge in [-0.25, -0.2) is 0 Å². The molecule has 100 valence electrons. The van der Waals surface area contributed by atoms with E-state index in [9.17, 15) is 9.59 Å². The van der Waals surface area contributed by atoms with Crippen LogP contribution in [0, 0.1) is 0 Å². The molecule has 0 bridgehead atoms. The topological polar surface area (TPSA) is 60.3 Å². The molecule has 0 atom stereocenters. The van der Waals surface area contributed by atoms with Crippen LogP contribution >= 0.6 is 0 Å². The molecule has 0 saturated heterocycles. The highest BCUT2D eigenvalue weighted by atomic mass is 16.5. The van der Waals surface area contributed by atoms with Crippen LogP contribution in [0.15, 0.2) is 18.3 Å². The van der Waals surface area contributed by atoms with Crippen molar-refractivity contribution in [1.29, 1.82) is 0 Å². The Bertz CT molecular complexity index is 399. The molecular weight excluding hydrogens is 232 g/mol. The molecule has 0 unspecified atom stereocenters. The zero-order chi connectivity index (χ0) is 13.4. The average Bonchev–Trinajstić information content (AvgIpc) is 2.78. The summed E-state index contributed by atoms with van der Waals surface area (Å²) in [4.78, 5) is 23.0. The largest absolute Gasteiger partial charge is 0.466 e.